The molecule has 3 rings (SSSR count). The zero-order valence-electron chi connectivity index (χ0n) is 18.5. The molecule has 0 saturated heterocycles. The Bertz CT molecular complexity index is 1440. The van der Waals surface area contributed by atoms with Crippen LogP contribution in [-0.4, -0.2) is 47.6 Å². The van der Waals surface area contributed by atoms with Crippen LogP contribution in [0.5, 0.6) is 5.75 Å². The van der Waals surface area contributed by atoms with Crippen LogP contribution in [0.25, 0.3) is 0 Å². The molecular formula is C23H20BrN3O8S. The molecule has 0 heterocycles. The lowest BCUT2D eigenvalue weighted by Gasteiger charge is -2.19. The number of carbonyl (C=O) groups is 3. The molecule has 13 heteroatoms. The van der Waals surface area contributed by atoms with Gasteiger partial charge in [0, 0.05) is 10.2 Å². The van der Waals surface area contributed by atoms with Crippen LogP contribution in [0, 0.1) is 0 Å². The number of nitrogens with one attached hydrogen (secondary N) is 3. The number of aromatic carboxylic acids is 2. The topological polar surface area (TPSA) is 182 Å². The Balaban J connectivity index is 1.89. The highest BCUT2D eigenvalue weighted by Crippen LogP contribution is 2.30. The molecule has 1 atom stereocenters. The molecule has 3 aromatic rings. The second-order valence-electron chi connectivity index (χ2n) is 7.49. The van der Waals surface area contributed by atoms with Gasteiger partial charge in [0.25, 0.3) is 10.0 Å². The van der Waals surface area contributed by atoms with Gasteiger partial charge in [-0.3, -0.25) is 9.52 Å². The molecule has 1 amide bonds. The van der Waals surface area contributed by atoms with Gasteiger partial charge in [0.2, 0.25) is 5.91 Å². The number of aromatic hydroxyl groups is 1. The Labute approximate surface area is 214 Å². The molecule has 0 aliphatic carbocycles. The average Bonchev–Trinajstić information content (AvgIpc) is 2.81. The fourth-order valence-corrected chi connectivity index (χ4v) is 4.69. The minimum absolute atomic E-state index is 0.130. The number of benzene rings is 3. The van der Waals surface area contributed by atoms with Crippen molar-refractivity contribution in [2.24, 2.45) is 0 Å². The maximum absolute atomic E-state index is 13.0. The van der Waals surface area contributed by atoms with Gasteiger partial charge in [0.05, 0.1) is 16.9 Å². The summed E-state index contributed by atoms with van der Waals surface area (Å²) in [7, 11) is -4.56. The first-order valence-electron chi connectivity index (χ1n) is 10.2. The van der Waals surface area contributed by atoms with Crippen LogP contribution in [0.15, 0.2) is 70.0 Å². The molecule has 0 saturated carbocycles. The molecule has 36 heavy (non-hydrogen) atoms. The third kappa shape index (κ3) is 6.12. The number of phenolic OH excluding ortho intramolecular Hbond substituents is 1. The van der Waals surface area contributed by atoms with Gasteiger partial charge in [-0.15, -0.1) is 0 Å². The summed E-state index contributed by atoms with van der Waals surface area (Å²) in [5.74, 6) is -4.07. The number of carboxylic acids is 2. The molecule has 11 nitrogen and oxygen atoms in total. The number of phenols is 1. The van der Waals surface area contributed by atoms with Crippen molar-refractivity contribution < 1.29 is 38.1 Å². The van der Waals surface area contributed by atoms with Crippen molar-refractivity contribution in [3.05, 3.63) is 76.3 Å². The van der Waals surface area contributed by atoms with Gasteiger partial charge in [-0.1, -0.05) is 22.0 Å². The second-order valence-corrected chi connectivity index (χ2v) is 10.1. The van der Waals surface area contributed by atoms with Crippen molar-refractivity contribution in [2.75, 3.05) is 15.4 Å². The summed E-state index contributed by atoms with van der Waals surface area (Å²) < 4.78 is 28.9. The Hall–Kier alpha value is -4.10. The molecule has 1 unspecified atom stereocenters. The monoisotopic (exact) mass is 577 g/mol. The van der Waals surface area contributed by atoms with Crippen molar-refractivity contribution in [1.29, 1.82) is 0 Å². The first-order chi connectivity index (χ1) is 16.9. The van der Waals surface area contributed by atoms with Crippen LogP contribution in [-0.2, 0) is 14.8 Å². The number of carboxylic acid groups (broad SMARTS) is 2. The Morgan fingerprint density at radius 1 is 0.917 bits per heavy atom. The molecule has 6 N–H and O–H groups in total. The summed E-state index contributed by atoms with van der Waals surface area (Å²) >= 11 is 3.29. The summed E-state index contributed by atoms with van der Waals surface area (Å²) in [6.45, 7) is 1.47. The van der Waals surface area contributed by atoms with Crippen molar-refractivity contribution in [3.8, 4) is 5.75 Å². The lowest BCUT2D eigenvalue weighted by Crippen LogP contribution is -2.32. The van der Waals surface area contributed by atoms with Crippen LogP contribution in [0.1, 0.15) is 27.6 Å². The van der Waals surface area contributed by atoms with Crippen LogP contribution in [0.4, 0.5) is 17.1 Å². The Morgan fingerprint density at radius 2 is 1.58 bits per heavy atom. The van der Waals surface area contributed by atoms with Crippen molar-refractivity contribution in [2.45, 2.75) is 17.9 Å². The number of hydrogen-bond acceptors (Lipinski definition) is 7. The van der Waals surface area contributed by atoms with E-state index in [1.807, 2.05) is 0 Å². The summed E-state index contributed by atoms with van der Waals surface area (Å²) in [5.41, 5.74) is -0.881. The van der Waals surface area contributed by atoms with Gasteiger partial charge < -0.3 is 26.0 Å². The van der Waals surface area contributed by atoms with Crippen LogP contribution < -0.4 is 15.4 Å². The lowest BCUT2D eigenvalue weighted by atomic mass is 10.1. The minimum atomic E-state index is -4.56. The van der Waals surface area contributed by atoms with E-state index < -0.39 is 50.1 Å². The molecule has 0 spiro atoms. The van der Waals surface area contributed by atoms with E-state index in [0.717, 1.165) is 28.7 Å². The molecule has 0 bridgehead atoms. The highest BCUT2D eigenvalue weighted by Gasteiger charge is 2.27. The summed E-state index contributed by atoms with van der Waals surface area (Å²) in [6, 6.07) is 12.4. The normalized spacial score (nSPS) is 11.8. The smallest absolute Gasteiger partial charge is 0.339 e. The van der Waals surface area contributed by atoms with Crippen LogP contribution in [0.3, 0.4) is 0 Å². The van der Waals surface area contributed by atoms with Gasteiger partial charge in [-0.2, -0.15) is 0 Å². The fourth-order valence-electron chi connectivity index (χ4n) is 3.13. The van der Waals surface area contributed by atoms with Crippen molar-refractivity contribution in [1.82, 2.24) is 0 Å². The zero-order valence-corrected chi connectivity index (χ0v) is 20.9. The minimum Gasteiger partial charge on any atom is -0.506 e. The van der Waals surface area contributed by atoms with E-state index in [1.165, 1.54) is 19.1 Å². The molecule has 0 aromatic heterocycles. The van der Waals surface area contributed by atoms with E-state index in [1.54, 1.807) is 24.3 Å². The summed E-state index contributed by atoms with van der Waals surface area (Å²) in [6.07, 6.45) is 0. The molecule has 0 aliphatic heterocycles. The van der Waals surface area contributed by atoms with Crippen LogP contribution >= 0.6 is 15.9 Å². The van der Waals surface area contributed by atoms with E-state index in [0.29, 0.717) is 5.69 Å². The van der Waals surface area contributed by atoms with E-state index in [2.05, 4.69) is 31.3 Å². The fraction of sp³-hybridized carbons (Fsp3) is 0.0870. The van der Waals surface area contributed by atoms with E-state index in [4.69, 9.17) is 5.11 Å². The van der Waals surface area contributed by atoms with Gasteiger partial charge in [-0.05, 0) is 61.5 Å². The number of carbonyl (C=O) groups excluding carboxylic acids is 1. The molecular weight excluding hydrogens is 558 g/mol. The summed E-state index contributed by atoms with van der Waals surface area (Å²) in [5, 5.41) is 34.2. The quantitative estimate of drug-likeness (QED) is 0.206. The second kappa shape index (κ2) is 10.7. The SMILES string of the molecule is CC(Nc1cccc(S(=O)(=O)Nc2ccc(C(=O)O)cc2O)c1C(=O)O)C(=O)Nc1ccc(Br)cc1. The number of rotatable bonds is 9. The van der Waals surface area contributed by atoms with E-state index in [9.17, 15) is 33.0 Å². The van der Waals surface area contributed by atoms with Gasteiger partial charge in [-0.25, -0.2) is 18.0 Å². The van der Waals surface area contributed by atoms with E-state index in [-0.39, 0.29) is 16.9 Å². The van der Waals surface area contributed by atoms with Crippen LogP contribution in [0.2, 0.25) is 0 Å². The van der Waals surface area contributed by atoms with E-state index >= 15 is 0 Å². The van der Waals surface area contributed by atoms with Crippen molar-refractivity contribution in [3.63, 3.8) is 0 Å². The largest absolute Gasteiger partial charge is 0.506 e. The van der Waals surface area contributed by atoms with Gasteiger partial charge in [0.15, 0.2) is 0 Å². The standard InChI is InChI=1S/C23H20BrN3O8S/c1-12(21(29)26-15-8-6-14(24)7-9-15)25-17-3-2-4-19(20(17)23(32)33)36(34,35)27-16-10-5-13(22(30)31)11-18(16)28/h2-12,25,27-28H,1H3,(H,26,29)(H,30,31)(H,32,33). The molecule has 188 valence electrons. The number of hydrogen-bond donors (Lipinski definition) is 6. The third-order valence-corrected chi connectivity index (χ3v) is 6.83. The highest BCUT2D eigenvalue weighted by molar-refractivity contribution is 9.10. The van der Waals surface area contributed by atoms with Gasteiger partial charge in [0.1, 0.15) is 22.3 Å². The molecule has 0 fully saturated rings. The third-order valence-electron chi connectivity index (χ3n) is 4.90. The number of halogens is 1. The summed E-state index contributed by atoms with van der Waals surface area (Å²) in [4.78, 5) is 35.0. The highest BCUT2D eigenvalue weighted by atomic mass is 79.9. The first kappa shape index (κ1) is 26.5. The predicted octanol–water partition coefficient (Wildman–Crippen LogP) is 3.79. The first-order valence-corrected chi connectivity index (χ1v) is 12.4. The average molecular weight is 578 g/mol. The van der Waals surface area contributed by atoms with Crippen molar-refractivity contribution >= 4 is 60.9 Å². The van der Waals surface area contributed by atoms with Gasteiger partial charge >= 0.3 is 11.9 Å². The lowest BCUT2D eigenvalue weighted by molar-refractivity contribution is -0.116. The number of anilines is 3. The Morgan fingerprint density at radius 3 is 2.17 bits per heavy atom. The zero-order chi connectivity index (χ0) is 26.6. The Kier molecular flexibility index (Phi) is 7.85. The maximum Gasteiger partial charge on any atom is 0.339 e. The number of sulfonamides is 1. The predicted molar refractivity (Wildman–Crippen MR) is 135 cm³/mol. The molecule has 0 radical (unpaired) electrons. The molecule has 3 aromatic carbocycles. The number of amides is 1. The molecule has 0 aliphatic rings. The maximum atomic E-state index is 13.0.